The molecule has 2 fully saturated rings. The van der Waals surface area contributed by atoms with Crippen LogP contribution >= 0.6 is 0 Å². The van der Waals surface area contributed by atoms with Crippen LogP contribution in [0.5, 0.6) is 0 Å². The molecule has 0 unspecified atom stereocenters. The topological polar surface area (TPSA) is 82.1 Å². The lowest BCUT2D eigenvalue weighted by molar-refractivity contribution is -0.132. The van der Waals surface area contributed by atoms with Gasteiger partial charge in [0.15, 0.2) is 0 Å². The summed E-state index contributed by atoms with van der Waals surface area (Å²) in [4.78, 5) is 28.8. The Bertz CT molecular complexity index is 896. The molecule has 0 bridgehead atoms. The van der Waals surface area contributed by atoms with Gasteiger partial charge in [-0.15, -0.1) is 0 Å². The van der Waals surface area contributed by atoms with E-state index in [-0.39, 0.29) is 12.5 Å². The van der Waals surface area contributed by atoms with Gasteiger partial charge in [-0.2, -0.15) is 0 Å². The molecular formula is C21H25N3O4. The molecule has 2 atom stereocenters. The highest BCUT2D eigenvalue weighted by atomic mass is 16.5. The van der Waals surface area contributed by atoms with Gasteiger partial charge in [0.1, 0.15) is 5.54 Å². The molecule has 0 aromatic heterocycles. The molecule has 2 N–H and O–H groups in total. The summed E-state index contributed by atoms with van der Waals surface area (Å²) < 4.78 is 5.30. The van der Waals surface area contributed by atoms with Crippen molar-refractivity contribution < 1.29 is 19.4 Å². The van der Waals surface area contributed by atoms with Crippen LogP contribution in [0.3, 0.4) is 0 Å². The number of nitrogens with zero attached hydrogens (tertiary/aromatic N) is 2. The van der Waals surface area contributed by atoms with Gasteiger partial charge in [-0.1, -0.05) is 36.4 Å². The first-order chi connectivity index (χ1) is 13.5. The molecule has 2 aliphatic heterocycles. The van der Waals surface area contributed by atoms with Crippen molar-refractivity contribution in [2.45, 2.75) is 18.6 Å². The lowest BCUT2D eigenvalue weighted by atomic mass is 9.90. The zero-order chi connectivity index (χ0) is 19.7. The predicted molar refractivity (Wildman–Crippen MR) is 105 cm³/mol. The number of nitrogens with one attached hydrogen (secondary N) is 1. The van der Waals surface area contributed by atoms with Crippen LogP contribution in [-0.4, -0.2) is 72.3 Å². The highest BCUT2D eigenvalue weighted by Crippen LogP contribution is 2.31. The number of rotatable bonds is 5. The molecule has 2 saturated heterocycles. The fraction of sp³-hybridized carbons (Fsp3) is 0.429. The predicted octanol–water partition coefficient (Wildman–Crippen LogP) is 1.30. The van der Waals surface area contributed by atoms with Crippen LogP contribution in [0.4, 0.5) is 4.79 Å². The first-order valence-corrected chi connectivity index (χ1v) is 9.59. The minimum Gasteiger partial charge on any atom is -0.390 e. The van der Waals surface area contributed by atoms with Crippen molar-refractivity contribution in [3.05, 3.63) is 48.0 Å². The van der Waals surface area contributed by atoms with Crippen molar-refractivity contribution in [3.8, 4) is 0 Å². The molecule has 2 aromatic rings. The quantitative estimate of drug-likeness (QED) is 0.761. The van der Waals surface area contributed by atoms with E-state index in [1.165, 1.54) is 0 Å². The monoisotopic (exact) mass is 383 g/mol. The SMILES string of the molecule is C[C@]1(c2ccc3ccccc3c2)NC(=O)N(C[C@@H](O)CN2CCOCC2)C1=O. The highest BCUT2D eigenvalue weighted by molar-refractivity contribution is 6.07. The average Bonchev–Trinajstić information content (AvgIpc) is 2.92. The molecule has 0 aliphatic carbocycles. The molecule has 4 rings (SSSR count). The fourth-order valence-corrected chi connectivity index (χ4v) is 3.91. The summed E-state index contributed by atoms with van der Waals surface area (Å²) >= 11 is 0. The van der Waals surface area contributed by atoms with Crippen LogP contribution in [0.1, 0.15) is 12.5 Å². The first-order valence-electron chi connectivity index (χ1n) is 9.59. The van der Waals surface area contributed by atoms with Gasteiger partial charge in [0.05, 0.1) is 25.9 Å². The molecule has 2 aromatic carbocycles. The van der Waals surface area contributed by atoms with E-state index in [0.29, 0.717) is 19.8 Å². The smallest absolute Gasteiger partial charge is 0.325 e. The van der Waals surface area contributed by atoms with Gasteiger partial charge in [0.2, 0.25) is 0 Å². The van der Waals surface area contributed by atoms with E-state index in [0.717, 1.165) is 34.3 Å². The molecule has 2 heterocycles. The summed E-state index contributed by atoms with van der Waals surface area (Å²) in [6.45, 7) is 4.85. The number of benzene rings is 2. The number of β-amino-alcohol motifs (C(OH)–C–C–N with tert-alkyl or cyclic N) is 1. The van der Waals surface area contributed by atoms with E-state index >= 15 is 0 Å². The fourth-order valence-electron chi connectivity index (χ4n) is 3.91. The van der Waals surface area contributed by atoms with Crippen molar-refractivity contribution in [3.63, 3.8) is 0 Å². The molecule has 3 amide bonds. The van der Waals surface area contributed by atoms with Crippen LogP contribution in [0.2, 0.25) is 0 Å². The number of aliphatic hydroxyl groups excluding tert-OH is 1. The van der Waals surface area contributed by atoms with Gasteiger partial charge in [0, 0.05) is 19.6 Å². The second kappa shape index (κ2) is 7.50. The summed E-state index contributed by atoms with van der Waals surface area (Å²) in [5.41, 5.74) is -0.408. The van der Waals surface area contributed by atoms with Crippen molar-refractivity contribution in [1.29, 1.82) is 0 Å². The number of hydrogen-bond donors (Lipinski definition) is 2. The van der Waals surface area contributed by atoms with E-state index in [2.05, 4.69) is 10.2 Å². The first kappa shape index (κ1) is 18.9. The Labute approximate surface area is 163 Å². The number of aliphatic hydroxyl groups is 1. The zero-order valence-electron chi connectivity index (χ0n) is 15.9. The lowest BCUT2D eigenvalue weighted by Crippen LogP contribution is -2.46. The van der Waals surface area contributed by atoms with Gasteiger partial charge in [-0.25, -0.2) is 4.79 Å². The number of carbonyl (C=O) groups excluding carboxylic acids is 2. The van der Waals surface area contributed by atoms with Crippen molar-refractivity contribution in [2.24, 2.45) is 0 Å². The molecule has 0 saturated carbocycles. The number of urea groups is 1. The van der Waals surface area contributed by atoms with Gasteiger partial charge >= 0.3 is 6.03 Å². The van der Waals surface area contributed by atoms with E-state index in [1.54, 1.807) is 6.92 Å². The maximum absolute atomic E-state index is 13.1. The summed E-state index contributed by atoms with van der Waals surface area (Å²) in [6.07, 6.45) is -0.799. The Morgan fingerprint density at radius 1 is 1.11 bits per heavy atom. The number of morpholine rings is 1. The van der Waals surface area contributed by atoms with Crippen LogP contribution < -0.4 is 5.32 Å². The number of hydrogen-bond acceptors (Lipinski definition) is 5. The number of fused-ring (bicyclic) bond motifs is 1. The molecule has 0 radical (unpaired) electrons. The molecule has 28 heavy (non-hydrogen) atoms. The van der Waals surface area contributed by atoms with Gasteiger partial charge < -0.3 is 15.2 Å². The van der Waals surface area contributed by atoms with E-state index in [1.807, 2.05) is 42.5 Å². The van der Waals surface area contributed by atoms with Crippen LogP contribution in [0, 0.1) is 0 Å². The Balaban J connectivity index is 1.50. The third-order valence-corrected chi connectivity index (χ3v) is 5.57. The molecular weight excluding hydrogens is 358 g/mol. The molecule has 7 heteroatoms. The van der Waals surface area contributed by atoms with E-state index < -0.39 is 17.7 Å². The van der Waals surface area contributed by atoms with Crippen molar-refractivity contribution in [2.75, 3.05) is 39.4 Å². The number of ether oxygens (including phenoxy) is 1. The molecule has 148 valence electrons. The summed E-state index contributed by atoms with van der Waals surface area (Å²) in [6, 6.07) is 13.2. The van der Waals surface area contributed by atoms with Crippen LogP contribution in [0.15, 0.2) is 42.5 Å². The number of carbonyl (C=O) groups is 2. The Morgan fingerprint density at radius 2 is 1.82 bits per heavy atom. The number of imide groups is 1. The van der Waals surface area contributed by atoms with Gasteiger partial charge in [0.25, 0.3) is 5.91 Å². The largest absolute Gasteiger partial charge is 0.390 e. The van der Waals surface area contributed by atoms with Gasteiger partial charge in [-0.3, -0.25) is 14.6 Å². The molecule has 2 aliphatic rings. The summed E-state index contributed by atoms with van der Waals surface area (Å²) in [5.74, 6) is -0.339. The Hall–Kier alpha value is -2.48. The second-order valence-corrected chi connectivity index (χ2v) is 7.60. The summed E-state index contributed by atoms with van der Waals surface area (Å²) in [5, 5.41) is 15.3. The third kappa shape index (κ3) is 3.48. The standard InChI is InChI=1S/C21H25N3O4/c1-21(17-7-6-15-4-2-3-5-16(15)12-17)19(26)24(20(27)22-21)14-18(25)13-23-8-10-28-11-9-23/h2-7,12,18,25H,8-11,13-14H2,1H3,(H,22,27)/t18-,21+/m0/s1. The van der Waals surface area contributed by atoms with Crippen LogP contribution in [0.25, 0.3) is 10.8 Å². The minimum atomic E-state index is -1.14. The second-order valence-electron chi connectivity index (χ2n) is 7.60. The minimum absolute atomic E-state index is 0.0226. The van der Waals surface area contributed by atoms with E-state index in [4.69, 9.17) is 4.74 Å². The average molecular weight is 383 g/mol. The molecule has 0 spiro atoms. The van der Waals surface area contributed by atoms with Gasteiger partial charge in [-0.05, 0) is 29.3 Å². The maximum Gasteiger partial charge on any atom is 0.325 e. The zero-order valence-corrected chi connectivity index (χ0v) is 15.9. The molecule has 7 nitrogen and oxygen atoms in total. The van der Waals surface area contributed by atoms with Crippen molar-refractivity contribution >= 4 is 22.7 Å². The Kier molecular flexibility index (Phi) is 5.05. The summed E-state index contributed by atoms with van der Waals surface area (Å²) in [7, 11) is 0. The number of amides is 3. The van der Waals surface area contributed by atoms with Crippen molar-refractivity contribution in [1.82, 2.24) is 15.1 Å². The third-order valence-electron chi connectivity index (χ3n) is 5.57. The Morgan fingerprint density at radius 3 is 2.57 bits per heavy atom. The van der Waals surface area contributed by atoms with Crippen LogP contribution in [-0.2, 0) is 15.1 Å². The maximum atomic E-state index is 13.1. The highest BCUT2D eigenvalue weighted by Gasteiger charge is 2.49. The normalized spacial score (nSPS) is 24.6. The van der Waals surface area contributed by atoms with E-state index in [9.17, 15) is 14.7 Å². The lowest BCUT2D eigenvalue weighted by Gasteiger charge is -2.29.